The fourth-order valence-electron chi connectivity index (χ4n) is 4.51. The molecule has 12 heteroatoms. The average molecular weight is 1030 g/mol. The zero-order valence-electron chi connectivity index (χ0n) is 12.9. The monoisotopic (exact) mass is 1040 g/mol. The van der Waals surface area contributed by atoms with E-state index in [4.69, 9.17) is 0 Å². The maximum atomic E-state index is 3.31. The van der Waals surface area contributed by atoms with E-state index in [2.05, 4.69) is 34.2 Å². The summed E-state index contributed by atoms with van der Waals surface area (Å²) in [6.07, 6.45) is 0. The van der Waals surface area contributed by atoms with Gasteiger partial charge < -0.3 is 0 Å². The second kappa shape index (κ2) is 7.24. The summed E-state index contributed by atoms with van der Waals surface area (Å²) in [5.41, 5.74) is 0. The molecule has 0 aromatic carbocycles. The Balaban J connectivity index is 1.69. The molecule has 0 N–H and O–H groups in total. The minimum absolute atomic E-state index is 0.117. The Kier molecular flexibility index (Phi) is 5.59. The van der Waals surface area contributed by atoms with Gasteiger partial charge in [-0.2, -0.15) is 0 Å². The van der Waals surface area contributed by atoms with Gasteiger partial charge in [-0.15, -0.1) is 0 Å². The van der Waals surface area contributed by atoms with E-state index in [-0.39, 0.29) is 89.9 Å². The molecule has 6 aliphatic heterocycles. The molecule has 0 aromatic heterocycles. The SMILES string of the molecule is [CH]1=[Ge]2[CH]=[Ge]3[CH]=[Ge]4[CH]=[Ge]5[CH]=[Ge]6[CH]=[Ge]1[C]1=[GeH][C]6=[GeH][C]5=[GeH][C]4=[GeH][C]3=[GeH][C]2=[GeH]1. The van der Waals surface area contributed by atoms with Crippen LogP contribution in [0.4, 0.5) is 0 Å². The van der Waals surface area contributed by atoms with Gasteiger partial charge in [-0.1, -0.05) is 0 Å². The summed E-state index contributed by atoms with van der Waals surface area (Å²) in [6.45, 7) is 0. The molecule has 0 aliphatic carbocycles. The Hall–Kier alpha value is 4.95. The molecule has 6 rings (SSSR count). The van der Waals surface area contributed by atoms with E-state index in [0.29, 0.717) is 0 Å². The van der Waals surface area contributed by atoms with Crippen LogP contribution in [0.2, 0.25) is 0 Å². The van der Waals surface area contributed by atoms with Crippen LogP contribution in [0.1, 0.15) is 0 Å². The first-order valence-corrected chi connectivity index (χ1v) is 43.8. The minimum atomic E-state index is -0.758. The van der Waals surface area contributed by atoms with Crippen LogP contribution in [-0.4, -0.2) is 208 Å². The third kappa shape index (κ3) is 3.07. The molecule has 0 amide bonds. The molecule has 0 fully saturated rings. The third-order valence-electron chi connectivity index (χ3n) is 5.73. The van der Waals surface area contributed by atoms with Crippen molar-refractivity contribution in [3.05, 3.63) is 0 Å². The van der Waals surface area contributed by atoms with Crippen LogP contribution < -0.4 is 0 Å². The average Bonchev–Trinajstić information content (AvgIpc) is 2.58. The van der Waals surface area contributed by atoms with Crippen molar-refractivity contribution in [2.45, 2.75) is 0 Å². The van der Waals surface area contributed by atoms with Gasteiger partial charge in [0, 0.05) is 0 Å². The van der Waals surface area contributed by atoms with E-state index in [1.807, 2.05) is 0 Å². The van der Waals surface area contributed by atoms with Crippen molar-refractivity contribution in [2.24, 2.45) is 0 Å². The molecule has 0 radical (unpaired) electrons. The van der Waals surface area contributed by atoms with E-state index >= 15 is 0 Å². The normalized spacial score (nSPS) is 26.0. The van der Waals surface area contributed by atoms with Crippen molar-refractivity contribution < 1.29 is 0 Å². The Morgan fingerprint density at radius 2 is 0.500 bits per heavy atom. The van der Waals surface area contributed by atoms with Gasteiger partial charge in [-0.3, -0.25) is 0 Å². The van der Waals surface area contributed by atoms with Crippen LogP contribution in [0, 0.1) is 0 Å². The number of fused-ring (bicyclic) bond motifs is 6. The summed E-state index contributed by atoms with van der Waals surface area (Å²) in [4.78, 5) is 0. The molecule has 6 aliphatic rings. The topological polar surface area (TPSA) is 0 Å². The van der Waals surface area contributed by atoms with Gasteiger partial charge in [0.25, 0.3) is 0 Å². The third-order valence-corrected chi connectivity index (χ3v) is 155. The van der Waals surface area contributed by atoms with Crippen molar-refractivity contribution in [2.75, 3.05) is 0 Å². The fourth-order valence-corrected chi connectivity index (χ4v) is 377. The van der Waals surface area contributed by atoms with E-state index in [1.54, 1.807) is 0 Å². The summed E-state index contributed by atoms with van der Waals surface area (Å²) in [6, 6.07) is 0. The quantitative estimate of drug-likeness (QED) is 0.212. The van der Waals surface area contributed by atoms with Gasteiger partial charge >= 0.3 is 208 Å². The first kappa shape index (κ1) is 18.5. The van der Waals surface area contributed by atoms with Crippen molar-refractivity contribution in [3.63, 3.8) is 0 Å². The van der Waals surface area contributed by atoms with Crippen LogP contribution >= 0.6 is 0 Å². The molecular weight excluding hydrogens is 1020 g/mol. The summed E-state index contributed by atoms with van der Waals surface area (Å²) in [5.74, 6) is 0. The van der Waals surface area contributed by atoms with E-state index in [1.165, 1.54) is 0 Å². The molecule has 0 bridgehead atoms. The van der Waals surface area contributed by atoms with Gasteiger partial charge in [-0.05, 0) is 0 Å². The van der Waals surface area contributed by atoms with Gasteiger partial charge in [0.15, 0.2) is 0 Å². The summed E-state index contributed by atoms with van der Waals surface area (Å²) >= 11 is -3.85. The summed E-state index contributed by atoms with van der Waals surface area (Å²) in [7, 11) is 0. The first-order valence-electron chi connectivity index (χ1n) is 8.43. The van der Waals surface area contributed by atoms with Crippen LogP contribution in [0.25, 0.3) is 0 Å². The molecule has 6 heterocycles. The van der Waals surface area contributed by atoms with Gasteiger partial charge in [0.1, 0.15) is 0 Å². The second-order valence-electron chi connectivity index (χ2n) is 7.20. The molecule has 0 atom stereocenters. The zero-order chi connectivity index (χ0) is 15.4. The predicted molar refractivity (Wildman–Crippen MR) is 144 cm³/mol. The Labute approximate surface area is 202 Å². The summed E-state index contributed by atoms with van der Waals surface area (Å²) in [5, 5.41) is 0. The van der Waals surface area contributed by atoms with Crippen molar-refractivity contribution in [3.8, 4) is 0 Å². The number of hydrogen-bond acceptors (Lipinski definition) is 0. The predicted octanol–water partition coefficient (Wildman–Crippen LogP) is -8.78. The van der Waals surface area contributed by atoms with Crippen molar-refractivity contribution in [1.29, 1.82) is 0 Å². The van der Waals surface area contributed by atoms with Crippen molar-refractivity contribution >= 4 is 208 Å². The van der Waals surface area contributed by atoms with Crippen LogP contribution in [0.5, 0.6) is 0 Å². The number of rotatable bonds is 0. The molecule has 0 saturated carbocycles. The van der Waals surface area contributed by atoms with Gasteiger partial charge in [0.05, 0.1) is 0 Å². The molecule has 0 unspecified atom stereocenters. The van der Waals surface area contributed by atoms with Crippen LogP contribution in [-0.2, 0) is 0 Å². The molecular formula is C12H12Ge12. The van der Waals surface area contributed by atoms with Crippen LogP contribution in [0.3, 0.4) is 0 Å². The molecule has 0 aromatic rings. The summed E-state index contributed by atoms with van der Waals surface area (Å²) < 4.78 is 35.1. The number of hydrogen-bond donors (Lipinski definition) is 0. The van der Waals surface area contributed by atoms with Gasteiger partial charge in [0.2, 0.25) is 0 Å². The molecule has 0 saturated heterocycles. The molecule has 0 spiro atoms. The van der Waals surface area contributed by atoms with Gasteiger partial charge in [-0.25, -0.2) is 0 Å². The molecule has 0 nitrogen and oxygen atoms in total. The fraction of sp³-hybridized carbons (Fsp3) is 0. The van der Waals surface area contributed by atoms with E-state index in [0.717, 1.165) is 0 Å². The Morgan fingerprint density at radius 3 is 0.667 bits per heavy atom. The zero-order valence-corrected chi connectivity index (χ0v) is 40.1. The Bertz CT molecular complexity index is 839. The standard InChI is InChI=1S/C12H12Ge12/c1-19-2-21-4-23-6-24-5-22-3-20(1)8-13-7(19)14-9(21)16-11(23)18-12(24)17-10(22)15-8/h1-6,13-18H. The Morgan fingerprint density at radius 1 is 0.333 bits per heavy atom. The first-order chi connectivity index (χ1) is 11.8. The van der Waals surface area contributed by atoms with Crippen molar-refractivity contribution in [1.82, 2.24) is 0 Å². The van der Waals surface area contributed by atoms with E-state index < -0.39 is 83.5 Å². The van der Waals surface area contributed by atoms with E-state index in [9.17, 15) is 0 Å². The second-order valence-corrected chi connectivity index (χ2v) is 116. The molecule has 108 valence electrons. The molecule has 24 heavy (non-hydrogen) atoms. The maximum absolute atomic E-state index is 3.31. The van der Waals surface area contributed by atoms with Crippen LogP contribution in [0.15, 0.2) is 0 Å².